The molecular weight excluding hydrogens is 274 g/mol. The van der Waals surface area contributed by atoms with Gasteiger partial charge in [0.05, 0.1) is 19.1 Å². The third-order valence-corrected chi connectivity index (χ3v) is 3.87. The van der Waals surface area contributed by atoms with Crippen LogP contribution in [0, 0.1) is 0 Å². The Bertz CT molecular complexity index is 609. The minimum atomic E-state index is -1.19. The summed E-state index contributed by atoms with van der Waals surface area (Å²) in [4.78, 5) is 17.5. The normalized spacial score (nSPS) is 11.9. The van der Waals surface area contributed by atoms with Crippen molar-refractivity contribution in [2.75, 3.05) is 13.1 Å². The molecule has 1 N–H and O–H groups in total. The highest BCUT2D eigenvalue weighted by Gasteiger charge is 2.21. The molecule has 0 fully saturated rings. The van der Waals surface area contributed by atoms with Gasteiger partial charge < -0.3 is 9.90 Å². The third-order valence-electron chi connectivity index (χ3n) is 3.11. The number of rotatable bonds is 7. The van der Waals surface area contributed by atoms with Crippen LogP contribution in [0.15, 0.2) is 17.7 Å². The fourth-order valence-electron chi connectivity index (χ4n) is 2.34. The molecule has 20 heavy (non-hydrogen) atoms. The smallest absolute Gasteiger partial charge is 0.253 e. The molecule has 108 valence electrons. The van der Waals surface area contributed by atoms with Gasteiger partial charge in [0.15, 0.2) is 4.96 Å². The van der Waals surface area contributed by atoms with Gasteiger partial charge >= 0.3 is 0 Å². The number of carbonyl (C=O) groups excluding carboxylic acids is 1. The van der Waals surface area contributed by atoms with Crippen molar-refractivity contribution < 1.29 is 14.8 Å². The molecule has 6 heteroatoms. The Morgan fingerprint density at radius 2 is 2.15 bits per heavy atom. The molecule has 0 aliphatic rings. The fraction of sp³-hybridized carbons (Fsp3) is 0.429. The molecule has 0 unspecified atom stereocenters. The SMILES string of the molecule is CCC[NH+](CCC)c1nc2sccn2c1/C=C/C(=O)[O-]. The molecule has 0 radical (unpaired) electrons. The number of carboxylic acid groups (broad SMARTS) is 1. The molecule has 0 spiro atoms. The van der Waals surface area contributed by atoms with E-state index in [0.29, 0.717) is 0 Å². The van der Waals surface area contributed by atoms with E-state index in [2.05, 4.69) is 18.8 Å². The molecule has 2 rings (SSSR count). The van der Waals surface area contributed by atoms with E-state index in [1.165, 1.54) is 4.90 Å². The van der Waals surface area contributed by atoms with Crippen molar-refractivity contribution >= 4 is 34.2 Å². The van der Waals surface area contributed by atoms with E-state index in [-0.39, 0.29) is 0 Å². The van der Waals surface area contributed by atoms with E-state index in [9.17, 15) is 9.90 Å². The zero-order valence-corrected chi connectivity index (χ0v) is 12.6. The van der Waals surface area contributed by atoms with Crippen molar-refractivity contribution in [1.82, 2.24) is 9.38 Å². The molecule has 2 heterocycles. The molecule has 0 aromatic carbocycles. The summed E-state index contributed by atoms with van der Waals surface area (Å²) in [6, 6.07) is 0. The Kier molecular flexibility index (Phi) is 4.92. The van der Waals surface area contributed by atoms with Gasteiger partial charge in [-0.2, -0.15) is 4.98 Å². The van der Waals surface area contributed by atoms with Gasteiger partial charge in [0.2, 0.25) is 0 Å². The van der Waals surface area contributed by atoms with Crippen LogP contribution in [0.2, 0.25) is 0 Å². The first-order valence-corrected chi connectivity index (χ1v) is 7.75. The van der Waals surface area contributed by atoms with Crippen LogP contribution in [0.4, 0.5) is 5.82 Å². The van der Waals surface area contributed by atoms with Crippen molar-refractivity contribution in [1.29, 1.82) is 0 Å². The maximum Gasteiger partial charge on any atom is 0.253 e. The minimum Gasteiger partial charge on any atom is -0.545 e. The lowest BCUT2D eigenvalue weighted by atomic mass is 10.3. The van der Waals surface area contributed by atoms with Gasteiger partial charge in [-0.3, -0.25) is 9.30 Å². The highest BCUT2D eigenvalue weighted by atomic mass is 32.1. The lowest BCUT2D eigenvalue weighted by molar-refractivity contribution is -0.835. The molecule has 0 amide bonds. The monoisotopic (exact) mass is 293 g/mol. The lowest BCUT2D eigenvalue weighted by Gasteiger charge is -2.15. The van der Waals surface area contributed by atoms with Crippen LogP contribution >= 0.6 is 11.3 Å². The number of imidazole rings is 1. The predicted molar refractivity (Wildman–Crippen MR) is 78.0 cm³/mol. The molecule has 0 aliphatic carbocycles. The van der Waals surface area contributed by atoms with Gasteiger partial charge in [0.1, 0.15) is 5.69 Å². The van der Waals surface area contributed by atoms with Gasteiger partial charge in [0, 0.05) is 11.6 Å². The molecule has 2 aromatic rings. The van der Waals surface area contributed by atoms with E-state index in [1.54, 1.807) is 17.4 Å². The second-order valence-corrected chi connectivity index (χ2v) is 5.53. The number of fused-ring (bicyclic) bond motifs is 1. The molecule has 0 saturated heterocycles. The minimum absolute atomic E-state index is 0.836. The summed E-state index contributed by atoms with van der Waals surface area (Å²) in [6.45, 7) is 6.27. The zero-order valence-electron chi connectivity index (χ0n) is 11.8. The number of thiazole rings is 1. The van der Waals surface area contributed by atoms with Crippen molar-refractivity contribution in [3.63, 3.8) is 0 Å². The number of aromatic nitrogens is 2. The van der Waals surface area contributed by atoms with Gasteiger partial charge in [-0.05, 0) is 25.0 Å². The quantitative estimate of drug-likeness (QED) is 0.756. The second kappa shape index (κ2) is 6.67. The molecule has 0 saturated carbocycles. The Morgan fingerprint density at radius 3 is 2.75 bits per heavy atom. The van der Waals surface area contributed by atoms with Crippen LogP contribution in [0.3, 0.4) is 0 Å². The maximum absolute atomic E-state index is 10.7. The summed E-state index contributed by atoms with van der Waals surface area (Å²) < 4.78 is 1.94. The first-order valence-electron chi connectivity index (χ1n) is 6.87. The van der Waals surface area contributed by atoms with Crippen molar-refractivity contribution in [2.45, 2.75) is 26.7 Å². The van der Waals surface area contributed by atoms with Crippen LogP contribution in [0.5, 0.6) is 0 Å². The van der Waals surface area contributed by atoms with E-state index < -0.39 is 5.97 Å². The predicted octanol–water partition coefficient (Wildman–Crippen LogP) is 0.495. The summed E-state index contributed by atoms with van der Waals surface area (Å²) >= 11 is 1.55. The van der Waals surface area contributed by atoms with Crippen molar-refractivity contribution in [2.24, 2.45) is 0 Å². The number of aliphatic carboxylic acids is 1. The van der Waals surface area contributed by atoms with E-state index in [0.717, 1.165) is 48.5 Å². The largest absolute Gasteiger partial charge is 0.545 e. The first-order chi connectivity index (χ1) is 9.67. The second-order valence-electron chi connectivity index (χ2n) is 4.66. The number of carboxylic acids is 1. The topological polar surface area (TPSA) is 61.9 Å². The van der Waals surface area contributed by atoms with Crippen LogP contribution in [-0.2, 0) is 4.79 Å². The average molecular weight is 293 g/mol. The fourth-order valence-corrected chi connectivity index (χ4v) is 3.06. The van der Waals surface area contributed by atoms with E-state index in [1.807, 2.05) is 16.0 Å². The van der Waals surface area contributed by atoms with Crippen LogP contribution < -0.4 is 10.0 Å². The van der Waals surface area contributed by atoms with Crippen LogP contribution in [-0.4, -0.2) is 28.4 Å². The maximum atomic E-state index is 10.7. The number of hydrogen-bond donors (Lipinski definition) is 1. The molecule has 0 atom stereocenters. The zero-order chi connectivity index (χ0) is 14.5. The number of quaternary nitrogens is 1. The number of nitrogens with one attached hydrogen (secondary N) is 1. The van der Waals surface area contributed by atoms with E-state index >= 15 is 0 Å². The molecule has 0 bridgehead atoms. The number of carbonyl (C=O) groups is 1. The highest BCUT2D eigenvalue weighted by Crippen LogP contribution is 2.20. The summed E-state index contributed by atoms with van der Waals surface area (Å²) in [5.74, 6) is -0.258. The summed E-state index contributed by atoms with van der Waals surface area (Å²) in [7, 11) is 0. The molecule has 5 nitrogen and oxygen atoms in total. The summed E-state index contributed by atoms with van der Waals surface area (Å²) in [6.07, 6.45) is 6.69. The van der Waals surface area contributed by atoms with Crippen LogP contribution in [0.25, 0.3) is 11.0 Å². The Morgan fingerprint density at radius 1 is 1.45 bits per heavy atom. The highest BCUT2D eigenvalue weighted by molar-refractivity contribution is 7.15. The molecular formula is C14H19N3O2S. The third kappa shape index (κ3) is 3.08. The van der Waals surface area contributed by atoms with Gasteiger partial charge in [-0.15, -0.1) is 11.3 Å². The molecule has 0 aliphatic heterocycles. The van der Waals surface area contributed by atoms with Gasteiger partial charge in [-0.25, -0.2) is 0 Å². The molecule has 2 aromatic heterocycles. The Balaban J connectivity index is 2.46. The average Bonchev–Trinajstić information content (AvgIpc) is 2.96. The Hall–Kier alpha value is -1.66. The standard InChI is InChI=1S/C14H19N3O2S/c1-3-7-16(8-4-2)13-11(5-6-12(18)19)17-9-10-20-14(17)15-13/h5-6,9-10H,3-4,7-8H2,1-2H3,(H,18,19)/b6-5+. The van der Waals surface area contributed by atoms with Crippen LogP contribution in [0.1, 0.15) is 32.4 Å². The summed E-state index contributed by atoms with van der Waals surface area (Å²) in [5, 5.41) is 12.6. The lowest BCUT2D eigenvalue weighted by Crippen LogP contribution is -3.07. The van der Waals surface area contributed by atoms with E-state index in [4.69, 9.17) is 0 Å². The van der Waals surface area contributed by atoms with Gasteiger partial charge in [0.25, 0.3) is 5.82 Å². The van der Waals surface area contributed by atoms with Gasteiger partial charge in [-0.1, -0.05) is 13.8 Å². The number of hydrogen-bond acceptors (Lipinski definition) is 4. The first kappa shape index (κ1) is 14.7. The summed E-state index contributed by atoms with van der Waals surface area (Å²) in [5.41, 5.74) is 0.836. The number of nitrogens with zero attached hydrogens (tertiary/aromatic N) is 2. The Labute approximate surface area is 122 Å². The van der Waals surface area contributed by atoms with Crippen molar-refractivity contribution in [3.05, 3.63) is 23.3 Å². The van der Waals surface area contributed by atoms with Crippen molar-refractivity contribution in [3.8, 4) is 0 Å².